The summed E-state index contributed by atoms with van der Waals surface area (Å²) in [4.78, 5) is 16.8. The number of piperazine rings is 1. The van der Waals surface area contributed by atoms with Gasteiger partial charge in [-0.2, -0.15) is 0 Å². The van der Waals surface area contributed by atoms with Gasteiger partial charge in [0.05, 0.1) is 7.11 Å². The van der Waals surface area contributed by atoms with Crippen molar-refractivity contribution >= 4 is 5.91 Å². The Morgan fingerprint density at radius 1 is 1.29 bits per heavy atom. The molecule has 7 heteroatoms. The van der Waals surface area contributed by atoms with Crippen LogP contribution in [-0.2, 0) is 6.67 Å². The van der Waals surface area contributed by atoms with Crippen LogP contribution in [0.5, 0.6) is 5.75 Å². The smallest absolute Gasteiger partial charge is 0.259 e. The number of likely N-dealkylation sites (N-methyl/N-ethyl adjacent to an activating group) is 1. The molecule has 0 aliphatic carbocycles. The molecular formula is C17H20FN3O3. The van der Waals surface area contributed by atoms with Gasteiger partial charge in [0.1, 0.15) is 17.0 Å². The van der Waals surface area contributed by atoms with Crippen LogP contribution in [0.15, 0.2) is 28.8 Å². The molecule has 1 aromatic heterocycles. The number of hydrogen-bond acceptors (Lipinski definition) is 5. The van der Waals surface area contributed by atoms with Gasteiger partial charge in [-0.15, -0.1) is 0 Å². The van der Waals surface area contributed by atoms with E-state index in [0.29, 0.717) is 30.1 Å². The van der Waals surface area contributed by atoms with Crippen molar-refractivity contribution < 1.29 is 18.4 Å². The van der Waals surface area contributed by atoms with Crippen molar-refractivity contribution in [3.05, 3.63) is 35.6 Å². The topological polar surface area (TPSA) is 58.8 Å². The number of nitrogens with zero attached hydrogens (tertiary/aromatic N) is 3. The Kier molecular flexibility index (Phi) is 4.80. The Balaban J connectivity index is 2.01. The molecule has 2 heterocycles. The average Bonchev–Trinajstić information content (AvgIpc) is 3.05. The molecule has 1 aliphatic rings. The number of carbonyl (C=O) groups is 1. The second-order valence-electron chi connectivity index (χ2n) is 5.76. The van der Waals surface area contributed by atoms with Gasteiger partial charge in [-0.05, 0) is 19.2 Å². The van der Waals surface area contributed by atoms with Crippen molar-refractivity contribution in [1.82, 2.24) is 15.0 Å². The number of rotatable bonds is 4. The number of carbonyl (C=O) groups excluding carboxylic acids is 1. The molecule has 128 valence electrons. The number of hydrogen-bond donors (Lipinski definition) is 0. The Labute approximate surface area is 139 Å². The van der Waals surface area contributed by atoms with Crippen LogP contribution in [-0.4, -0.2) is 61.2 Å². The lowest BCUT2D eigenvalue weighted by atomic mass is 10.0. The summed E-state index contributed by atoms with van der Waals surface area (Å²) in [6, 6.07) is 7.18. The highest BCUT2D eigenvalue weighted by Crippen LogP contribution is 2.33. The Morgan fingerprint density at radius 2 is 2.00 bits per heavy atom. The van der Waals surface area contributed by atoms with E-state index in [1.54, 1.807) is 17.0 Å². The molecule has 24 heavy (non-hydrogen) atoms. The minimum absolute atomic E-state index is 0.0418. The van der Waals surface area contributed by atoms with Crippen molar-refractivity contribution in [3.8, 4) is 17.0 Å². The number of ether oxygens (including phenoxy) is 1. The molecule has 0 bridgehead atoms. The maximum atomic E-state index is 13.3. The minimum atomic E-state index is -0.878. The molecular weight excluding hydrogens is 313 g/mol. The third-order valence-corrected chi connectivity index (χ3v) is 4.25. The van der Waals surface area contributed by atoms with E-state index in [1.165, 1.54) is 7.11 Å². The maximum Gasteiger partial charge on any atom is 0.259 e. The van der Waals surface area contributed by atoms with Gasteiger partial charge in [-0.3, -0.25) is 4.79 Å². The Bertz CT molecular complexity index is 724. The van der Waals surface area contributed by atoms with Gasteiger partial charge in [-0.1, -0.05) is 17.3 Å². The highest BCUT2D eigenvalue weighted by Gasteiger charge is 2.30. The molecule has 6 nitrogen and oxygen atoms in total. The number of benzene rings is 1. The number of alkyl halides is 1. The van der Waals surface area contributed by atoms with Gasteiger partial charge < -0.3 is 19.1 Å². The maximum absolute atomic E-state index is 13.3. The van der Waals surface area contributed by atoms with Crippen molar-refractivity contribution in [3.63, 3.8) is 0 Å². The van der Waals surface area contributed by atoms with Crippen LogP contribution in [0.2, 0.25) is 0 Å². The van der Waals surface area contributed by atoms with Crippen LogP contribution in [0.25, 0.3) is 11.3 Å². The third-order valence-electron chi connectivity index (χ3n) is 4.25. The van der Waals surface area contributed by atoms with E-state index < -0.39 is 6.67 Å². The van der Waals surface area contributed by atoms with Crippen molar-refractivity contribution in [1.29, 1.82) is 0 Å². The van der Waals surface area contributed by atoms with Gasteiger partial charge in [0, 0.05) is 31.7 Å². The van der Waals surface area contributed by atoms with Gasteiger partial charge in [0.15, 0.2) is 12.4 Å². The van der Waals surface area contributed by atoms with E-state index in [2.05, 4.69) is 10.1 Å². The molecule has 1 fully saturated rings. The first kappa shape index (κ1) is 16.4. The van der Waals surface area contributed by atoms with E-state index >= 15 is 0 Å². The second-order valence-corrected chi connectivity index (χ2v) is 5.76. The fourth-order valence-electron chi connectivity index (χ4n) is 2.83. The molecule has 0 radical (unpaired) electrons. The zero-order chi connectivity index (χ0) is 17.1. The first-order valence-corrected chi connectivity index (χ1v) is 7.81. The van der Waals surface area contributed by atoms with Crippen LogP contribution < -0.4 is 4.74 Å². The van der Waals surface area contributed by atoms with Crippen LogP contribution in [0.1, 0.15) is 16.1 Å². The lowest BCUT2D eigenvalue weighted by Crippen LogP contribution is -2.47. The summed E-state index contributed by atoms with van der Waals surface area (Å²) in [5.74, 6) is 0.265. The summed E-state index contributed by atoms with van der Waals surface area (Å²) in [5.41, 5.74) is 1.12. The summed E-state index contributed by atoms with van der Waals surface area (Å²) < 4.78 is 23.8. The fraction of sp³-hybridized carbons (Fsp3) is 0.412. The van der Waals surface area contributed by atoms with Crippen molar-refractivity contribution in [2.24, 2.45) is 0 Å². The van der Waals surface area contributed by atoms with Crippen LogP contribution in [0.3, 0.4) is 0 Å². The van der Waals surface area contributed by atoms with Crippen molar-refractivity contribution in [2.45, 2.75) is 6.67 Å². The van der Waals surface area contributed by atoms with E-state index in [0.717, 1.165) is 13.1 Å². The van der Waals surface area contributed by atoms with E-state index in [4.69, 9.17) is 9.26 Å². The van der Waals surface area contributed by atoms with Gasteiger partial charge >= 0.3 is 0 Å². The molecule has 0 spiro atoms. The lowest BCUT2D eigenvalue weighted by Gasteiger charge is -2.32. The molecule has 1 amide bonds. The summed E-state index contributed by atoms with van der Waals surface area (Å²) in [7, 11) is 3.55. The molecule has 0 saturated carbocycles. The minimum Gasteiger partial charge on any atom is -0.496 e. The fourth-order valence-corrected chi connectivity index (χ4v) is 2.83. The normalized spacial score (nSPS) is 15.5. The zero-order valence-electron chi connectivity index (χ0n) is 13.8. The number of amides is 1. The molecule has 3 rings (SSSR count). The number of para-hydroxylation sites is 1. The molecule has 0 atom stereocenters. The highest BCUT2D eigenvalue weighted by molar-refractivity contribution is 6.01. The molecule has 0 unspecified atom stereocenters. The van der Waals surface area contributed by atoms with E-state index in [-0.39, 0.29) is 17.2 Å². The molecule has 2 aromatic rings. The predicted molar refractivity (Wildman–Crippen MR) is 86.7 cm³/mol. The van der Waals surface area contributed by atoms with Gasteiger partial charge in [0.25, 0.3) is 5.91 Å². The molecule has 1 saturated heterocycles. The number of halogens is 1. The third kappa shape index (κ3) is 2.99. The van der Waals surface area contributed by atoms with Crippen LogP contribution >= 0.6 is 0 Å². The number of aromatic nitrogens is 1. The summed E-state index contributed by atoms with van der Waals surface area (Å²) >= 11 is 0. The SMILES string of the molecule is COc1ccccc1-c1noc(CF)c1C(=O)N1CCN(C)CC1. The molecule has 1 aromatic carbocycles. The lowest BCUT2D eigenvalue weighted by molar-refractivity contribution is 0.0661. The Hall–Kier alpha value is -2.41. The number of methoxy groups -OCH3 is 1. The zero-order valence-corrected chi connectivity index (χ0v) is 13.8. The van der Waals surface area contributed by atoms with Crippen LogP contribution in [0, 0.1) is 0 Å². The van der Waals surface area contributed by atoms with Crippen LogP contribution in [0.4, 0.5) is 4.39 Å². The predicted octanol–water partition coefficient (Wildman–Crippen LogP) is 2.21. The standard InChI is InChI=1S/C17H20FN3O3/c1-20-7-9-21(10-8-20)17(22)15-14(11-18)24-19-16(15)12-5-3-4-6-13(12)23-2/h3-6H,7-11H2,1-2H3. The van der Waals surface area contributed by atoms with Crippen molar-refractivity contribution in [2.75, 3.05) is 40.3 Å². The van der Waals surface area contributed by atoms with Gasteiger partial charge in [0.2, 0.25) is 0 Å². The monoisotopic (exact) mass is 333 g/mol. The first-order valence-electron chi connectivity index (χ1n) is 7.81. The quantitative estimate of drug-likeness (QED) is 0.858. The first-order chi connectivity index (χ1) is 11.7. The largest absolute Gasteiger partial charge is 0.496 e. The molecule has 0 N–H and O–H groups in total. The Morgan fingerprint density at radius 3 is 2.67 bits per heavy atom. The summed E-state index contributed by atoms with van der Waals surface area (Å²) in [6.07, 6.45) is 0. The van der Waals surface area contributed by atoms with E-state index in [9.17, 15) is 9.18 Å². The molecule has 1 aliphatic heterocycles. The van der Waals surface area contributed by atoms with E-state index in [1.807, 2.05) is 19.2 Å². The van der Waals surface area contributed by atoms with Gasteiger partial charge in [-0.25, -0.2) is 4.39 Å². The summed E-state index contributed by atoms with van der Waals surface area (Å²) in [5, 5.41) is 3.94. The highest BCUT2D eigenvalue weighted by atomic mass is 19.1. The summed E-state index contributed by atoms with van der Waals surface area (Å²) in [6.45, 7) is 1.88. The second kappa shape index (κ2) is 7.00. The average molecular weight is 333 g/mol.